The Kier molecular flexibility index (Phi) is 4.05. The molecular weight excluding hydrogens is 352 g/mol. The molecule has 4 rings (SSSR count). The predicted octanol–water partition coefficient (Wildman–Crippen LogP) is 3.12. The van der Waals surface area contributed by atoms with E-state index in [9.17, 15) is 4.79 Å². The van der Waals surface area contributed by atoms with Crippen molar-refractivity contribution < 1.29 is 9.90 Å². The molecule has 0 amide bonds. The Morgan fingerprint density at radius 2 is 2.08 bits per heavy atom. The Labute approximate surface area is 152 Å². The Balaban J connectivity index is 1.58. The van der Waals surface area contributed by atoms with Gasteiger partial charge in [0.2, 0.25) is 5.95 Å². The molecule has 4 aromatic rings. The van der Waals surface area contributed by atoms with E-state index in [0.717, 1.165) is 10.7 Å². The Hall–Kier alpha value is -3.33. The molecule has 0 spiro atoms. The van der Waals surface area contributed by atoms with Crippen LogP contribution in [0.3, 0.4) is 0 Å². The highest BCUT2D eigenvalue weighted by molar-refractivity contribution is 7.15. The lowest BCUT2D eigenvalue weighted by atomic mass is 10.2. The first-order valence-corrected chi connectivity index (χ1v) is 8.69. The molecule has 26 heavy (non-hydrogen) atoms. The topological polar surface area (TPSA) is 105 Å². The summed E-state index contributed by atoms with van der Waals surface area (Å²) in [6.07, 6.45) is 6.99. The maximum absolute atomic E-state index is 11.1. The molecule has 0 fully saturated rings. The maximum atomic E-state index is 11.1. The molecule has 130 valence electrons. The first kappa shape index (κ1) is 16.2. The van der Waals surface area contributed by atoms with E-state index in [1.807, 2.05) is 29.1 Å². The fourth-order valence-electron chi connectivity index (χ4n) is 2.50. The highest BCUT2D eigenvalue weighted by Gasteiger charge is 2.13. The molecule has 0 saturated carbocycles. The maximum Gasteiger partial charge on any atom is 0.335 e. The quantitative estimate of drug-likeness (QED) is 0.559. The van der Waals surface area contributed by atoms with Gasteiger partial charge in [-0.3, -0.25) is 9.38 Å². The van der Waals surface area contributed by atoms with E-state index in [1.54, 1.807) is 23.6 Å². The summed E-state index contributed by atoms with van der Waals surface area (Å²) >= 11 is 1.57. The van der Waals surface area contributed by atoms with Gasteiger partial charge in [-0.2, -0.15) is 0 Å². The van der Waals surface area contributed by atoms with Gasteiger partial charge >= 0.3 is 5.97 Å². The van der Waals surface area contributed by atoms with Gasteiger partial charge in [0.25, 0.3) is 0 Å². The number of aromatic carboxylic acids is 1. The second kappa shape index (κ2) is 6.52. The van der Waals surface area contributed by atoms with Gasteiger partial charge in [-0.25, -0.2) is 19.7 Å². The molecular formula is C17H14N6O2S. The van der Waals surface area contributed by atoms with Crippen LogP contribution in [0.4, 0.5) is 5.95 Å². The van der Waals surface area contributed by atoms with Gasteiger partial charge in [0.05, 0.1) is 28.7 Å². The van der Waals surface area contributed by atoms with Crippen LogP contribution in [0.25, 0.3) is 16.3 Å². The number of nitrogens with zero attached hydrogens (tertiary/aromatic N) is 5. The number of imidazole rings is 1. The fourth-order valence-corrected chi connectivity index (χ4v) is 3.20. The number of rotatable bonds is 5. The van der Waals surface area contributed by atoms with E-state index < -0.39 is 5.97 Å². The van der Waals surface area contributed by atoms with Gasteiger partial charge in [0, 0.05) is 30.2 Å². The number of carboxylic acids is 1. The fraction of sp³-hybridized carbons (Fsp3) is 0.118. The van der Waals surface area contributed by atoms with E-state index >= 15 is 0 Å². The van der Waals surface area contributed by atoms with Crippen molar-refractivity contribution in [3.8, 4) is 11.4 Å². The Morgan fingerprint density at radius 3 is 2.88 bits per heavy atom. The highest BCUT2D eigenvalue weighted by atomic mass is 32.1. The summed E-state index contributed by atoms with van der Waals surface area (Å²) < 4.78 is 1.97. The van der Waals surface area contributed by atoms with Crippen LogP contribution >= 0.6 is 11.3 Å². The molecule has 2 N–H and O–H groups in total. The number of hydrogen-bond donors (Lipinski definition) is 2. The molecule has 4 aromatic heterocycles. The number of carbonyl (C=O) groups is 1. The average Bonchev–Trinajstić information content (AvgIpc) is 3.24. The summed E-state index contributed by atoms with van der Waals surface area (Å²) in [6, 6.07) is 4.53. The number of hydrogen-bond acceptors (Lipinski definition) is 7. The molecule has 0 aliphatic rings. The van der Waals surface area contributed by atoms with Gasteiger partial charge in [0.15, 0.2) is 4.96 Å². The van der Waals surface area contributed by atoms with E-state index in [1.165, 1.54) is 18.3 Å². The number of aromatic nitrogens is 5. The molecule has 8 nitrogen and oxygen atoms in total. The third-order valence-corrected chi connectivity index (χ3v) is 4.60. The summed E-state index contributed by atoms with van der Waals surface area (Å²) in [7, 11) is 0. The van der Waals surface area contributed by atoms with Crippen LogP contribution < -0.4 is 5.32 Å². The van der Waals surface area contributed by atoms with Gasteiger partial charge in [0.1, 0.15) is 0 Å². The van der Waals surface area contributed by atoms with Crippen molar-refractivity contribution in [1.82, 2.24) is 24.3 Å². The third-order valence-electron chi connectivity index (χ3n) is 3.83. The molecule has 9 heteroatoms. The van der Waals surface area contributed by atoms with Crippen LogP contribution in [-0.4, -0.2) is 35.4 Å². The Morgan fingerprint density at radius 1 is 1.23 bits per heavy atom. The minimum Gasteiger partial charge on any atom is -0.478 e. The lowest BCUT2D eigenvalue weighted by Gasteiger charge is -2.11. The SMILES string of the molecule is C[C@@H](Nc1nccc(-c2cc(C(=O)O)ccn2)n1)c1cn2ccsc2n1. The molecule has 1 atom stereocenters. The molecule has 0 aliphatic carbocycles. The minimum atomic E-state index is -1.01. The summed E-state index contributed by atoms with van der Waals surface area (Å²) in [6.45, 7) is 1.98. The lowest BCUT2D eigenvalue weighted by molar-refractivity contribution is 0.0697. The van der Waals surface area contributed by atoms with Crippen LogP contribution in [-0.2, 0) is 0 Å². The predicted molar refractivity (Wildman–Crippen MR) is 97.3 cm³/mol. The summed E-state index contributed by atoms with van der Waals surface area (Å²) in [5.41, 5.74) is 2.07. The number of nitrogens with one attached hydrogen (secondary N) is 1. The zero-order chi connectivity index (χ0) is 18.1. The smallest absolute Gasteiger partial charge is 0.335 e. The van der Waals surface area contributed by atoms with E-state index in [2.05, 4.69) is 25.3 Å². The molecule has 0 saturated heterocycles. The van der Waals surface area contributed by atoms with Gasteiger partial charge in [-0.05, 0) is 25.1 Å². The van der Waals surface area contributed by atoms with Crippen molar-refractivity contribution in [1.29, 1.82) is 0 Å². The van der Waals surface area contributed by atoms with Gasteiger partial charge in [-0.1, -0.05) is 0 Å². The second-order valence-corrected chi connectivity index (χ2v) is 6.50. The third kappa shape index (κ3) is 3.11. The number of fused-ring (bicyclic) bond motifs is 1. The number of carboxylic acid groups (broad SMARTS) is 1. The highest BCUT2D eigenvalue weighted by Crippen LogP contribution is 2.21. The normalized spacial score (nSPS) is 12.2. The largest absolute Gasteiger partial charge is 0.478 e. The van der Waals surface area contributed by atoms with E-state index in [0.29, 0.717) is 17.3 Å². The average molecular weight is 366 g/mol. The standard InChI is InChI=1S/C17H14N6O2S/c1-10(14-9-23-6-7-26-17(23)22-14)20-16-19-5-3-12(21-16)13-8-11(15(24)25)2-4-18-13/h2-10H,1H3,(H,24,25)(H,19,20,21)/t10-/m1/s1. The van der Waals surface area contributed by atoms with Crippen LogP contribution in [0.15, 0.2) is 48.4 Å². The van der Waals surface area contributed by atoms with E-state index in [4.69, 9.17) is 5.11 Å². The summed E-state index contributed by atoms with van der Waals surface area (Å²) in [5.74, 6) is -0.580. The van der Waals surface area contributed by atoms with Crippen molar-refractivity contribution in [2.45, 2.75) is 13.0 Å². The molecule has 0 aliphatic heterocycles. The number of pyridine rings is 1. The zero-order valence-corrected chi connectivity index (χ0v) is 14.5. The lowest BCUT2D eigenvalue weighted by Crippen LogP contribution is -2.10. The zero-order valence-electron chi connectivity index (χ0n) is 13.7. The van der Waals surface area contributed by atoms with Gasteiger partial charge < -0.3 is 10.4 Å². The van der Waals surface area contributed by atoms with Crippen molar-refractivity contribution in [3.63, 3.8) is 0 Å². The summed E-state index contributed by atoms with van der Waals surface area (Å²) in [4.78, 5) is 29.5. The van der Waals surface area contributed by atoms with Crippen molar-refractivity contribution in [3.05, 3.63) is 59.6 Å². The molecule has 0 unspecified atom stereocenters. The van der Waals surface area contributed by atoms with Crippen LogP contribution in [0.2, 0.25) is 0 Å². The minimum absolute atomic E-state index is 0.0873. The van der Waals surface area contributed by atoms with Crippen LogP contribution in [0.1, 0.15) is 29.0 Å². The van der Waals surface area contributed by atoms with Crippen LogP contribution in [0.5, 0.6) is 0 Å². The number of anilines is 1. The monoisotopic (exact) mass is 366 g/mol. The molecule has 0 radical (unpaired) electrons. The van der Waals surface area contributed by atoms with Crippen molar-refractivity contribution in [2.75, 3.05) is 5.32 Å². The summed E-state index contributed by atoms with van der Waals surface area (Å²) in [5, 5.41) is 14.3. The first-order valence-electron chi connectivity index (χ1n) is 7.81. The second-order valence-electron chi connectivity index (χ2n) is 5.63. The Bertz CT molecular complexity index is 1060. The molecule has 0 aromatic carbocycles. The van der Waals surface area contributed by atoms with Crippen LogP contribution in [0, 0.1) is 0 Å². The van der Waals surface area contributed by atoms with Gasteiger partial charge in [-0.15, -0.1) is 11.3 Å². The first-order chi connectivity index (χ1) is 12.6. The molecule has 0 bridgehead atoms. The number of thiazole rings is 1. The van der Waals surface area contributed by atoms with Crippen molar-refractivity contribution >= 4 is 28.2 Å². The molecule has 4 heterocycles. The van der Waals surface area contributed by atoms with E-state index in [-0.39, 0.29) is 11.6 Å². The van der Waals surface area contributed by atoms with Crippen molar-refractivity contribution in [2.24, 2.45) is 0 Å².